The molecule has 0 spiro atoms. The molecule has 0 aliphatic rings. The quantitative estimate of drug-likeness (QED) is 0.444. The van der Waals surface area contributed by atoms with Crippen molar-refractivity contribution in [2.75, 3.05) is 0 Å². The van der Waals surface area contributed by atoms with Crippen LogP contribution in [-0.2, 0) is 16.6 Å². The van der Waals surface area contributed by atoms with Crippen LogP contribution in [0.25, 0.3) is 32.8 Å². The molecule has 0 unspecified atom stereocenters. The van der Waals surface area contributed by atoms with Crippen LogP contribution in [0.2, 0.25) is 0 Å². The van der Waals surface area contributed by atoms with E-state index in [-0.39, 0.29) is 11.4 Å². The number of benzene rings is 4. The highest BCUT2D eigenvalue weighted by Gasteiger charge is 2.21. The highest BCUT2D eigenvalue weighted by atomic mass is 32.2. The first kappa shape index (κ1) is 18.6. The van der Waals surface area contributed by atoms with Gasteiger partial charge in [0.25, 0.3) is 10.0 Å². The molecule has 5 rings (SSSR count). The Morgan fingerprint density at radius 3 is 2.30 bits per heavy atom. The molecule has 30 heavy (non-hydrogen) atoms. The van der Waals surface area contributed by atoms with Gasteiger partial charge in [-0.2, -0.15) is 0 Å². The minimum absolute atomic E-state index is 0.253. The van der Waals surface area contributed by atoms with Gasteiger partial charge in [0.05, 0.1) is 10.4 Å². The largest absolute Gasteiger partial charge is 0.326 e. The monoisotopic (exact) mass is 412 g/mol. The van der Waals surface area contributed by atoms with Gasteiger partial charge in [0.15, 0.2) is 0 Å². The second kappa shape index (κ2) is 7.13. The minimum atomic E-state index is -3.71. The summed E-state index contributed by atoms with van der Waals surface area (Å²) in [7, 11) is -3.71. The smallest absolute Gasteiger partial charge is 0.268 e. The van der Waals surface area contributed by atoms with Gasteiger partial charge in [0.1, 0.15) is 0 Å². The SMILES string of the molecule is NCc1cn(S(=O)(=O)c2ccccc2)c2ccc(-c3cccc4ccccc34)cc12. The van der Waals surface area contributed by atoms with Gasteiger partial charge in [-0.25, -0.2) is 12.4 Å². The molecule has 0 atom stereocenters. The summed E-state index contributed by atoms with van der Waals surface area (Å²) in [6.07, 6.45) is 1.64. The lowest BCUT2D eigenvalue weighted by Crippen LogP contribution is -2.11. The van der Waals surface area contributed by atoms with E-state index < -0.39 is 10.0 Å². The van der Waals surface area contributed by atoms with E-state index in [9.17, 15) is 8.42 Å². The van der Waals surface area contributed by atoms with Crippen molar-refractivity contribution in [3.05, 3.63) is 103 Å². The summed E-state index contributed by atoms with van der Waals surface area (Å²) in [5, 5.41) is 3.17. The van der Waals surface area contributed by atoms with Crippen molar-refractivity contribution in [3.8, 4) is 11.1 Å². The first-order valence-electron chi connectivity index (χ1n) is 9.72. The molecule has 0 bridgehead atoms. The lowest BCUT2D eigenvalue weighted by Gasteiger charge is -2.09. The molecule has 4 nitrogen and oxygen atoms in total. The lowest BCUT2D eigenvalue weighted by atomic mass is 9.97. The normalized spacial score (nSPS) is 11.9. The number of nitrogens with two attached hydrogens (primary N) is 1. The van der Waals surface area contributed by atoms with Gasteiger partial charge >= 0.3 is 0 Å². The Labute approximate surface area is 175 Å². The van der Waals surface area contributed by atoms with Crippen LogP contribution in [0.3, 0.4) is 0 Å². The van der Waals surface area contributed by atoms with Crippen molar-refractivity contribution in [1.82, 2.24) is 3.97 Å². The molecular formula is C25H20N2O2S. The predicted molar refractivity (Wildman–Crippen MR) is 122 cm³/mol. The van der Waals surface area contributed by atoms with Crippen LogP contribution in [-0.4, -0.2) is 12.4 Å². The van der Waals surface area contributed by atoms with Crippen molar-refractivity contribution >= 4 is 31.7 Å². The standard InChI is InChI=1S/C25H20N2O2S/c26-16-20-17-27(30(28,29)21-9-2-1-3-10-21)25-14-13-19(15-24(20)25)23-12-6-8-18-7-4-5-11-22(18)23/h1-15,17H,16,26H2. The molecular weight excluding hydrogens is 392 g/mol. The molecule has 5 heteroatoms. The molecule has 0 fully saturated rings. The zero-order chi connectivity index (χ0) is 20.7. The summed E-state index contributed by atoms with van der Waals surface area (Å²) in [6, 6.07) is 28.8. The fourth-order valence-corrected chi connectivity index (χ4v) is 5.39. The van der Waals surface area contributed by atoms with Crippen molar-refractivity contribution in [1.29, 1.82) is 0 Å². The van der Waals surface area contributed by atoms with E-state index in [4.69, 9.17) is 5.73 Å². The average molecular weight is 413 g/mol. The molecule has 0 saturated heterocycles. The number of hydrogen-bond acceptors (Lipinski definition) is 3. The van der Waals surface area contributed by atoms with Crippen LogP contribution in [0.5, 0.6) is 0 Å². The Kier molecular flexibility index (Phi) is 4.42. The molecule has 0 saturated carbocycles. The molecule has 0 amide bonds. The maximum Gasteiger partial charge on any atom is 0.268 e. The zero-order valence-electron chi connectivity index (χ0n) is 16.2. The van der Waals surface area contributed by atoms with Crippen LogP contribution < -0.4 is 5.73 Å². The van der Waals surface area contributed by atoms with Crippen molar-refractivity contribution in [3.63, 3.8) is 0 Å². The topological polar surface area (TPSA) is 65.1 Å². The fraction of sp³-hybridized carbons (Fsp3) is 0.0400. The third-order valence-electron chi connectivity index (χ3n) is 5.47. The van der Waals surface area contributed by atoms with E-state index >= 15 is 0 Å². The molecule has 1 heterocycles. The van der Waals surface area contributed by atoms with Crippen molar-refractivity contribution < 1.29 is 8.42 Å². The van der Waals surface area contributed by atoms with Crippen LogP contribution in [0.1, 0.15) is 5.56 Å². The third kappa shape index (κ3) is 2.91. The Bertz CT molecular complexity index is 1480. The molecule has 0 radical (unpaired) electrons. The van der Waals surface area contributed by atoms with Gasteiger partial charge in [-0.1, -0.05) is 66.7 Å². The van der Waals surface area contributed by atoms with E-state index in [1.165, 1.54) is 9.36 Å². The molecule has 0 aliphatic heterocycles. The maximum atomic E-state index is 13.2. The van der Waals surface area contributed by atoms with Crippen LogP contribution in [0, 0.1) is 0 Å². The Hall–Kier alpha value is -3.41. The number of rotatable bonds is 4. The third-order valence-corrected chi connectivity index (χ3v) is 7.16. The van der Waals surface area contributed by atoms with Crippen molar-refractivity contribution in [2.24, 2.45) is 5.73 Å². The van der Waals surface area contributed by atoms with E-state index in [1.807, 2.05) is 36.4 Å². The lowest BCUT2D eigenvalue weighted by molar-refractivity contribution is 0.589. The van der Waals surface area contributed by atoms with Gasteiger partial charge in [-0.3, -0.25) is 0 Å². The molecule has 5 aromatic rings. The number of fused-ring (bicyclic) bond motifs is 2. The van der Waals surface area contributed by atoms with E-state index in [1.54, 1.807) is 36.5 Å². The minimum Gasteiger partial charge on any atom is -0.326 e. The van der Waals surface area contributed by atoms with Gasteiger partial charge in [0, 0.05) is 18.1 Å². The van der Waals surface area contributed by atoms with Crippen LogP contribution in [0.4, 0.5) is 0 Å². The summed E-state index contributed by atoms with van der Waals surface area (Å²) in [5.41, 5.74) is 9.55. The summed E-state index contributed by atoms with van der Waals surface area (Å²) >= 11 is 0. The van der Waals surface area contributed by atoms with E-state index in [0.29, 0.717) is 5.52 Å². The Balaban J connectivity index is 1.73. The molecule has 0 aliphatic carbocycles. The van der Waals surface area contributed by atoms with Gasteiger partial charge in [-0.05, 0) is 51.7 Å². The van der Waals surface area contributed by atoms with Gasteiger partial charge < -0.3 is 5.73 Å². The van der Waals surface area contributed by atoms with Crippen LogP contribution >= 0.6 is 0 Å². The average Bonchev–Trinajstić information content (AvgIpc) is 3.18. The summed E-state index contributed by atoms with van der Waals surface area (Å²) in [5.74, 6) is 0. The molecule has 4 aromatic carbocycles. The van der Waals surface area contributed by atoms with Crippen molar-refractivity contribution in [2.45, 2.75) is 11.4 Å². The first-order valence-corrected chi connectivity index (χ1v) is 11.2. The second-order valence-electron chi connectivity index (χ2n) is 7.23. The number of aromatic nitrogens is 1. The van der Waals surface area contributed by atoms with E-state index in [2.05, 4.69) is 24.3 Å². The van der Waals surface area contributed by atoms with Crippen LogP contribution in [0.15, 0.2) is 102 Å². The highest BCUT2D eigenvalue weighted by molar-refractivity contribution is 7.90. The molecule has 148 valence electrons. The summed E-state index contributed by atoms with van der Waals surface area (Å²) in [4.78, 5) is 0.253. The van der Waals surface area contributed by atoms with E-state index in [0.717, 1.165) is 27.5 Å². The summed E-state index contributed by atoms with van der Waals surface area (Å²) < 4.78 is 27.8. The molecule has 2 N–H and O–H groups in total. The number of hydrogen-bond donors (Lipinski definition) is 1. The van der Waals surface area contributed by atoms with Gasteiger partial charge in [-0.15, -0.1) is 0 Å². The molecule has 1 aromatic heterocycles. The Morgan fingerprint density at radius 1 is 0.767 bits per heavy atom. The fourth-order valence-electron chi connectivity index (χ4n) is 3.98. The second-order valence-corrected chi connectivity index (χ2v) is 9.05. The predicted octanol–water partition coefficient (Wildman–Crippen LogP) is 5.16. The number of nitrogens with zero attached hydrogens (tertiary/aromatic N) is 1. The Morgan fingerprint density at radius 2 is 1.50 bits per heavy atom. The highest BCUT2D eigenvalue weighted by Crippen LogP contribution is 2.33. The zero-order valence-corrected chi connectivity index (χ0v) is 17.0. The first-order chi connectivity index (χ1) is 14.6. The van der Waals surface area contributed by atoms with Gasteiger partial charge in [0.2, 0.25) is 0 Å². The maximum absolute atomic E-state index is 13.2. The summed E-state index contributed by atoms with van der Waals surface area (Å²) in [6.45, 7) is 0.257.